The summed E-state index contributed by atoms with van der Waals surface area (Å²) in [5.41, 5.74) is 1.82. The van der Waals surface area contributed by atoms with Crippen molar-refractivity contribution in [2.24, 2.45) is 23.7 Å². The minimum absolute atomic E-state index is 0.0309. The van der Waals surface area contributed by atoms with Crippen molar-refractivity contribution in [2.45, 2.75) is 147 Å². The number of H-pyrrole nitrogens is 1. The predicted octanol–water partition coefficient (Wildman–Crippen LogP) is -0.457. The largest absolute Gasteiger partial charge is 0.469 e. The number of ketones is 2. The molecule has 0 radical (unpaired) electrons. The van der Waals surface area contributed by atoms with Crippen molar-refractivity contribution in [3.8, 4) is 0 Å². The van der Waals surface area contributed by atoms with Crippen molar-refractivity contribution in [3.05, 3.63) is 41.5 Å². The third-order valence-corrected chi connectivity index (χ3v) is 16.6. The van der Waals surface area contributed by atoms with Crippen LogP contribution in [0.25, 0.3) is 10.9 Å². The van der Waals surface area contributed by atoms with Crippen LogP contribution in [0.4, 0.5) is 0 Å². The van der Waals surface area contributed by atoms with E-state index in [1.54, 1.807) is 40.7 Å². The van der Waals surface area contributed by atoms with Gasteiger partial charge in [-0.05, 0) is 54.4 Å². The summed E-state index contributed by atoms with van der Waals surface area (Å²) in [7, 11) is 1.10. The van der Waals surface area contributed by atoms with Gasteiger partial charge >= 0.3 is 5.97 Å². The van der Waals surface area contributed by atoms with Gasteiger partial charge in [-0.3, -0.25) is 67.2 Å². The highest BCUT2D eigenvalue weighted by atomic mass is 32.2. The molecule has 2 bridgehead atoms. The lowest BCUT2D eigenvalue weighted by Gasteiger charge is -2.31. The number of aliphatic hydroxyl groups is 1. The zero-order valence-corrected chi connectivity index (χ0v) is 48.0. The number of aromatic amines is 1. The minimum Gasteiger partial charge on any atom is -0.469 e. The number of ether oxygens (including phenoxy) is 1. The predicted molar refractivity (Wildman–Crippen MR) is 296 cm³/mol. The first-order chi connectivity index (χ1) is 39.0. The lowest BCUT2D eigenvalue weighted by molar-refractivity contribution is -0.149. The van der Waals surface area contributed by atoms with Gasteiger partial charge in [0.15, 0.2) is 5.78 Å². The van der Waals surface area contributed by atoms with E-state index in [-0.39, 0.29) is 69.2 Å². The van der Waals surface area contributed by atoms with Gasteiger partial charge in [-0.25, -0.2) is 0 Å². The maximum Gasteiger partial charge on any atom is 0.306 e. The number of hydrogen-bond donors (Lipinski definition) is 9. The van der Waals surface area contributed by atoms with Gasteiger partial charge in [-0.2, -0.15) is 0 Å². The van der Waals surface area contributed by atoms with E-state index in [0.717, 1.165) is 34.2 Å². The Balaban J connectivity index is 1.35. The molecule has 2 aromatic rings. The number of aliphatic hydroxyl groups excluding tert-OH is 1. The van der Waals surface area contributed by atoms with Crippen LogP contribution < -0.4 is 37.2 Å². The first kappa shape index (κ1) is 63.7. The van der Waals surface area contributed by atoms with Crippen LogP contribution in [0.3, 0.4) is 0 Å². The van der Waals surface area contributed by atoms with E-state index in [9.17, 15) is 67.4 Å². The molecule has 10 amide bonds. The van der Waals surface area contributed by atoms with Crippen molar-refractivity contribution in [2.75, 3.05) is 45.6 Å². The quantitative estimate of drug-likeness (QED) is 0.0550. The van der Waals surface area contributed by atoms with Crippen LogP contribution in [-0.4, -0.2) is 178 Å². The number of fused-ring (bicyclic) bond motifs is 5. The van der Waals surface area contributed by atoms with Crippen molar-refractivity contribution in [3.63, 3.8) is 0 Å². The lowest BCUT2D eigenvalue weighted by Crippen LogP contribution is -2.59. The number of carbonyl (C=O) groups excluding carboxylic acids is 13. The lowest BCUT2D eigenvalue weighted by atomic mass is 9.93. The molecule has 1 aromatic heterocycles. The van der Waals surface area contributed by atoms with Crippen molar-refractivity contribution < 1.29 is 72.2 Å². The second-order valence-electron chi connectivity index (χ2n) is 21.6. The molecule has 6 rings (SSSR count). The molecular formula is C56H76N10O15S. The first-order valence-electron chi connectivity index (χ1n) is 27.9. The number of nitrogens with zero attached hydrogens (tertiary/aromatic N) is 2. The highest BCUT2D eigenvalue weighted by molar-refractivity contribution is 7.99. The topological polar surface area (TPSA) is 358 Å². The van der Waals surface area contributed by atoms with Gasteiger partial charge in [0.25, 0.3) is 11.8 Å². The van der Waals surface area contributed by atoms with Crippen molar-refractivity contribution in [1.82, 2.24) is 52.0 Å². The Morgan fingerprint density at radius 1 is 0.793 bits per heavy atom. The van der Waals surface area contributed by atoms with Crippen molar-refractivity contribution >= 4 is 99.3 Å². The number of hydrogen-bond acceptors (Lipinski definition) is 16. The number of rotatable bonds is 17. The summed E-state index contributed by atoms with van der Waals surface area (Å²) < 4.78 is 4.91. The standard InChI is InChI=1S/C56H76N10O15S/c1-7-29(3)48-53(78)59-25-43(70)60-40-28-82-55-37(36-20-32(13-14-38(36)62-55)11-9-17-57-50(75)31(5)19-34(67)12-10-18-65-45(72)15-16-46(65)73)24-39(51(76)58-26-44(71)63-48)61-54(79)49(30(4)8-2)64-52(77)41-23-35(68)27-66(41)56(80)33(21-42(40)69)22-47(74)81-6/h13-16,20,29-31,33,35,39-41,48-49,62,68H,7-12,17-19,21-28H2,1-6H3,(H,57,75)(H,58,76)(H,59,78)(H,60,70)(H,61,79)(H,63,71)(H,64,77)/t29-,30?,31?,33-,35+,39+,40-,41-,48-,49-/m0/s1. The molecule has 4 aliphatic heterocycles. The van der Waals surface area contributed by atoms with E-state index < -0.39 is 151 Å². The number of esters is 1. The normalized spacial score (nSPS) is 24.7. The molecule has 1 aromatic carbocycles. The summed E-state index contributed by atoms with van der Waals surface area (Å²) in [4.78, 5) is 182. The summed E-state index contributed by atoms with van der Waals surface area (Å²) in [6.07, 6.45) is 1.35. The van der Waals surface area contributed by atoms with Gasteiger partial charge in [-0.1, -0.05) is 53.5 Å². The Bertz CT molecular complexity index is 2820. The number of aryl methyl sites for hydroxylation is 1. The van der Waals surface area contributed by atoms with E-state index in [1.165, 1.54) is 12.2 Å². The Morgan fingerprint density at radius 2 is 1.45 bits per heavy atom. The number of benzene rings is 1. The number of nitrogens with one attached hydrogen (secondary N) is 8. The van der Waals surface area contributed by atoms with Crippen LogP contribution >= 0.6 is 11.8 Å². The van der Waals surface area contributed by atoms with Gasteiger partial charge in [0.1, 0.15) is 30.0 Å². The van der Waals surface area contributed by atoms with Gasteiger partial charge in [0.05, 0.1) is 49.7 Å². The van der Waals surface area contributed by atoms with Crippen molar-refractivity contribution in [1.29, 1.82) is 0 Å². The third kappa shape index (κ3) is 16.8. The average molecular weight is 1160 g/mol. The molecular weight excluding hydrogens is 1080 g/mol. The van der Waals surface area contributed by atoms with Crippen LogP contribution in [0.15, 0.2) is 35.4 Å². The molecule has 9 N–H and O–H groups in total. The zero-order valence-electron chi connectivity index (χ0n) is 47.1. The molecule has 0 saturated carbocycles. The number of thioether (sulfide) groups is 1. The number of methoxy groups -OCH3 is 1. The van der Waals surface area contributed by atoms with Crippen LogP contribution in [-0.2, 0) is 79.9 Å². The summed E-state index contributed by atoms with van der Waals surface area (Å²) >= 11 is 1.07. The molecule has 0 aliphatic carbocycles. The van der Waals surface area contributed by atoms with Gasteiger partial charge in [0.2, 0.25) is 47.3 Å². The molecule has 25 nitrogen and oxygen atoms in total. The van der Waals surface area contributed by atoms with Gasteiger partial charge in [0, 0.05) is 86.5 Å². The van der Waals surface area contributed by atoms with Crippen LogP contribution in [0, 0.1) is 23.7 Å². The van der Waals surface area contributed by atoms with E-state index in [0.29, 0.717) is 47.2 Å². The number of amides is 10. The Morgan fingerprint density at radius 3 is 2.12 bits per heavy atom. The molecule has 10 atom stereocenters. The molecule has 1 fully saturated rings. The maximum absolute atomic E-state index is 14.7. The Kier molecular flexibility index (Phi) is 22.9. The Labute approximate surface area is 479 Å². The fourth-order valence-corrected chi connectivity index (χ4v) is 11.4. The number of carbonyl (C=O) groups is 13. The van der Waals surface area contributed by atoms with Crippen LogP contribution in [0.5, 0.6) is 0 Å². The molecule has 5 heterocycles. The fourth-order valence-electron chi connectivity index (χ4n) is 10.3. The third-order valence-electron chi connectivity index (χ3n) is 15.5. The number of imide groups is 1. The minimum atomic E-state index is -1.46. The second-order valence-corrected chi connectivity index (χ2v) is 22.6. The Hall–Kier alpha value is -7.48. The molecule has 446 valence electrons. The van der Waals surface area contributed by atoms with E-state index >= 15 is 0 Å². The van der Waals surface area contributed by atoms with Gasteiger partial charge in [-0.15, -0.1) is 11.8 Å². The summed E-state index contributed by atoms with van der Waals surface area (Å²) in [6, 6.07) is -1.22. The average Bonchev–Trinajstić information content (AvgIpc) is 3.83. The second kappa shape index (κ2) is 29.5. The highest BCUT2D eigenvalue weighted by Crippen LogP contribution is 2.34. The fraction of sp³-hybridized carbons (Fsp3) is 0.589. The molecule has 82 heavy (non-hydrogen) atoms. The molecule has 4 aliphatic rings. The smallest absolute Gasteiger partial charge is 0.306 e. The molecule has 26 heteroatoms. The number of Topliss-reactive ketones (excluding diaryl/α,β-unsaturated/α-hetero) is 2. The maximum atomic E-state index is 14.7. The molecule has 0 spiro atoms. The van der Waals surface area contributed by atoms with E-state index in [4.69, 9.17) is 4.74 Å². The summed E-state index contributed by atoms with van der Waals surface area (Å²) in [6.45, 7) is 7.31. The van der Waals surface area contributed by atoms with Gasteiger partial charge < -0.3 is 56.9 Å². The molecule has 1 saturated heterocycles. The van der Waals surface area contributed by atoms with Crippen LogP contribution in [0.1, 0.15) is 104 Å². The monoisotopic (exact) mass is 1160 g/mol. The number of aromatic nitrogens is 1. The summed E-state index contributed by atoms with van der Waals surface area (Å²) in [5.74, 6) is -11.9. The SMILES string of the molecule is CCC(C)[C@@H]1NC(=O)[C@@H]2C[C@@H](O)CN2C(=O)[C@H](CC(=O)OC)CC(=O)[C@@H]2CSc3[nH]c4ccc(CCCNC(=O)C(C)CC(=O)CCCN5C(=O)C=CC5=O)cc4c3C[C@@H](NC1=O)C(=O)NCC(=O)N[C@@H]([C@@H](C)CC)C(=O)NCC(=O)N2. The first-order valence-corrected chi connectivity index (χ1v) is 28.9. The summed E-state index contributed by atoms with van der Waals surface area (Å²) in [5, 5.41) is 30.8. The van der Waals surface area contributed by atoms with E-state index in [1.807, 2.05) is 12.1 Å². The van der Waals surface area contributed by atoms with E-state index in [2.05, 4.69) is 42.2 Å². The molecule has 2 unspecified atom stereocenters. The van der Waals surface area contributed by atoms with Crippen LogP contribution in [0.2, 0.25) is 0 Å². The zero-order chi connectivity index (χ0) is 59.9. The highest BCUT2D eigenvalue weighted by Gasteiger charge is 2.44.